The molecule has 102 valence electrons. The summed E-state index contributed by atoms with van der Waals surface area (Å²) in [6.07, 6.45) is 2.43. The quantitative estimate of drug-likeness (QED) is 0.612. The Hall–Kier alpha value is -0.400. The van der Waals surface area contributed by atoms with E-state index in [4.69, 9.17) is 23.2 Å². The molecule has 0 heterocycles. The molecule has 1 aromatic rings. The van der Waals surface area contributed by atoms with Crippen LogP contribution in [0.5, 0.6) is 0 Å². The van der Waals surface area contributed by atoms with Gasteiger partial charge in [-0.25, -0.2) is 0 Å². The lowest BCUT2D eigenvalue weighted by molar-refractivity contribution is 0.486. The Morgan fingerprint density at radius 3 is 2.28 bits per heavy atom. The zero-order chi connectivity index (χ0) is 13.5. The van der Waals surface area contributed by atoms with Crippen LogP contribution in [0.25, 0.3) is 0 Å². The zero-order valence-corrected chi connectivity index (χ0v) is 13.1. The minimum atomic E-state index is 0.513. The average molecular weight is 288 g/mol. The minimum absolute atomic E-state index is 0.513. The summed E-state index contributed by atoms with van der Waals surface area (Å²) in [5, 5.41) is 0.806. The zero-order valence-electron chi connectivity index (χ0n) is 11.5. The number of benzene rings is 1. The van der Waals surface area contributed by atoms with Gasteiger partial charge in [0.15, 0.2) is 0 Å². The van der Waals surface area contributed by atoms with Crippen LogP contribution in [0.3, 0.4) is 0 Å². The van der Waals surface area contributed by atoms with E-state index in [1.165, 1.54) is 12.8 Å². The summed E-state index contributed by atoms with van der Waals surface area (Å²) in [5.41, 5.74) is 2.20. The molecule has 0 spiro atoms. The number of nitrogens with zero attached hydrogens (tertiary/aromatic N) is 1. The highest BCUT2D eigenvalue weighted by atomic mass is 35.5. The van der Waals surface area contributed by atoms with Crippen molar-refractivity contribution in [1.82, 2.24) is 0 Å². The van der Waals surface area contributed by atoms with Crippen molar-refractivity contribution in [2.45, 2.75) is 39.5 Å². The highest BCUT2D eigenvalue weighted by Crippen LogP contribution is 2.28. The molecule has 18 heavy (non-hydrogen) atoms. The topological polar surface area (TPSA) is 3.24 Å². The molecule has 0 bridgehead atoms. The van der Waals surface area contributed by atoms with Gasteiger partial charge >= 0.3 is 0 Å². The largest absolute Gasteiger partial charge is 0.370 e. The lowest BCUT2D eigenvalue weighted by Crippen LogP contribution is -2.29. The van der Waals surface area contributed by atoms with Crippen molar-refractivity contribution in [2.75, 3.05) is 18.0 Å². The van der Waals surface area contributed by atoms with Gasteiger partial charge in [-0.05, 0) is 30.5 Å². The van der Waals surface area contributed by atoms with Gasteiger partial charge in [-0.15, -0.1) is 11.6 Å². The number of hydrogen-bond acceptors (Lipinski definition) is 1. The summed E-state index contributed by atoms with van der Waals surface area (Å²) in [7, 11) is 0. The van der Waals surface area contributed by atoms with Crippen LogP contribution in [-0.4, -0.2) is 13.1 Å². The van der Waals surface area contributed by atoms with E-state index in [1.54, 1.807) is 0 Å². The van der Waals surface area contributed by atoms with Crippen molar-refractivity contribution in [3.8, 4) is 0 Å². The highest BCUT2D eigenvalue weighted by Gasteiger charge is 2.13. The van der Waals surface area contributed by atoms with Crippen LogP contribution in [-0.2, 0) is 5.88 Å². The Balaban J connectivity index is 2.87. The van der Waals surface area contributed by atoms with Crippen molar-refractivity contribution >= 4 is 28.9 Å². The highest BCUT2D eigenvalue weighted by molar-refractivity contribution is 6.33. The van der Waals surface area contributed by atoms with Gasteiger partial charge in [0, 0.05) is 19.0 Å². The second kappa shape index (κ2) is 7.91. The van der Waals surface area contributed by atoms with Gasteiger partial charge in [-0.3, -0.25) is 0 Å². The Morgan fingerprint density at radius 2 is 1.83 bits per heavy atom. The van der Waals surface area contributed by atoms with Gasteiger partial charge in [-0.1, -0.05) is 44.4 Å². The molecular formula is C15H23Cl2N. The molecule has 0 aliphatic carbocycles. The molecule has 0 N–H and O–H groups in total. The van der Waals surface area contributed by atoms with Gasteiger partial charge in [0.2, 0.25) is 0 Å². The predicted molar refractivity (Wildman–Crippen MR) is 83.0 cm³/mol. The van der Waals surface area contributed by atoms with Crippen LogP contribution in [0, 0.1) is 5.92 Å². The van der Waals surface area contributed by atoms with Crippen LogP contribution in [0.15, 0.2) is 18.2 Å². The monoisotopic (exact) mass is 287 g/mol. The molecule has 0 aliphatic heterocycles. The Kier molecular flexibility index (Phi) is 6.88. The summed E-state index contributed by atoms with van der Waals surface area (Å²) in [6.45, 7) is 8.73. The molecule has 0 amide bonds. The predicted octanol–water partition coefficient (Wildman–Crippen LogP) is 5.34. The maximum absolute atomic E-state index is 6.35. The first-order valence-electron chi connectivity index (χ1n) is 6.75. The second-order valence-corrected chi connectivity index (χ2v) is 5.32. The van der Waals surface area contributed by atoms with Crippen molar-refractivity contribution in [3.63, 3.8) is 0 Å². The number of anilines is 1. The van der Waals surface area contributed by atoms with E-state index < -0.39 is 0 Å². The Labute approximate surface area is 121 Å². The molecule has 0 unspecified atom stereocenters. The Morgan fingerprint density at radius 1 is 1.17 bits per heavy atom. The normalized spacial score (nSPS) is 11.0. The van der Waals surface area contributed by atoms with E-state index >= 15 is 0 Å². The summed E-state index contributed by atoms with van der Waals surface area (Å²) in [4.78, 5) is 2.36. The van der Waals surface area contributed by atoms with E-state index in [1.807, 2.05) is 6.07 Å². The molecule has 0 aliphatic rings. The smallest absolute Gasteiger partial charge is 0.0642 e. The van der Waals surface area contributed by atoms with Crippen LogP contribution < -0.4 is 4.90 Å². The maximum Gasteiger partial charge on any atom is 0.0642 e. The number of hydrogen-bond donors (Lipinski definition) is 0. The van der Waals surface area contributed by atoms with E-state index in [-0.39, 0.29) is 0 Å². The number of halogens is 2. The van der Waals surface area contributed by atoms with E-state index in [9.17, 15) is 0 Å². The molecule has 0 saturated carbocycles. The third-order valence-electron chi connectivity index (χ3n) is 3.52. The molecular weight excluding hydrogens is 265 g/mol. The Bertz CT molecular complexity index is 362. The molecule has 0 radical (unpaired) electrons. The molecule has 1 aromatic carbocycles. The second-order valence-electron chi connectivity index (χ2n) is 4.64. The number of alkyl halides is 1. The van der Waals surface area contributed by atoms with Gasteiger partial charge in [0.25, 0.3) is 0 Å². The minimum Gasteiger partial charge on any atom is -0.370 e. The lowest BCUT2D eigenvalue weighted by Gasteiger charge is -2.28. The van der Waals surface area contributed by atoms with Crippen LogP contribution in [0.4, 0.5) is 5.69 Å². The van der Waals surface area contributed by atoms with Crippen LogP contribution in [0.1, 0.15) is 39.2 Å². The van der Waals surface area contributed by atoms with Crippen molar-refractivity contribution in [3.05, 3.63) is 28.8 Å². The summed E-state index contributed by atoms with van der Waals surface area (Å²) in [5.74, 6) is 1.24. The fraction of sp³-hybridized carbons (Fsp3) is 0.600. The SMILES string of the molecule is CCC(CC)CN(CC)c1ccc(CCl)cc1Cl. The van der Waals surface area contributed by atoms with Gasteiger partial charge in [0.1, 0.15) is 0 Å². The fourth-order valence-electron chi connectivity index (χ4n) is 2.15. The first kappa shape index (κ1) is 15.7. The molecule has 0 atom stereocenters. The molecule has 3 heteroatoms. The average Bonchev–Trinajstić information content (AvgIpc) is 2.41. The van der Waals surface area contributed by atoms with Crippen LogP contribution >= 0.6 is 23.2 Å². The molecule has 0 fully saturated rings. The third-order valence-corrected chi connectivity index (χ3v) is 4.13. The lowest BCUT2D eigenvalue weighted by atomic mass is 10.0. The first-order valence-corrected chi connectivity index (χ1v) is 7.66. The standard InChI is InChI=1S/C15H23Cl2N/c1-4-12(5-2)11-18(6-3)15-8-7-13(10-16)9-14(15)17/h7-9,12H,4-6,10-11H2,1-3H3. The third kappa shape index (κ3) is 4.07. The summed E-state index contributed by atoms with van der Waals surface area (Å²) >= 11 is 12.2. The molecule has 1 rings (SSSR count). The van der Waals surface area contributed by atoms with E-state index in [2.05, 4.69) is 37.8 Å². The number of rotatable bonds is 7. The fourth-order valence-corrected chi connectivity index (χ4v) is 2.64. The van der Waals surface area contributed by atoms with Crippen molar-refractivity contribution < 1.29 is 0 Å². The molecule has 1 nitrogen and oxygen atoms in total. The van der Waals surface area contributed by atoms with Crippen LogP contribution in [0.2, 0.25) is 5.02 Å². The van der Waals surface area contributed by atoms with E-state index in [0.29, 0.717) is 5.88 Å². The van der Waals surface area contributed by atoms with Gasteiger partial charge in [-0.2, -0.15) is 0 Å². The van der Waals surface area contributed by atoms with Crippen molar-refractivity contribution in [2.24, 2.45) is 5.92 Å². The molecule has 0 saturated heterocycles. The first-order chi connectivity index (χ1) is 8.65. The summed E-state index contributed by atoms with van der Waals surface area (Å²) < 4.78 is 0. The maximum atomic E-state index is 6.35. The molecule has 0 aromatic heterocycles. The van der Waals surface area contributed by atoms with E-state index in [0.717, 1.165) is 35.3 Å². The van der Waals surface area contributed by atoms with Gasteiger partial charge in [0.05, 0.1) is 10.7 Å². The summed E-state index contributed by atoms with van der Waals surface area (Å²) in [6, 6.07) is 6.12. The van der Waals surface area contributed by atoms with Gasteiger partial charge < -0.3 is 4.90 Å². The van der Waals surface area contributed by atoms with Crippen molar-refractivity contribution in [1.29, 1.82) is 0 Å².